The van der Waals surface area contributed by atoms with Gasteiger partial charge in [-0.2, -0.15) is 0 Å². The van der Waals surface area contributed by atoms with E-state index >= 15 is 0 Å². The molecule has 3 aliphatic rings. The molecule has 0 bridgehead atoms. The summed E-state index contributed by atoms with van der Waals surface area (Å²) in [7, 11) is 0. The molecule has 2 heterocycles. The third-order valence-corrected chi connectivity index (χ3v) is 5.28. The zero-order chi connectivity index (χ0) is 14.0. The summed E-state index contributed by atoms with van der Waals surface area (Å²) in [5, 5.41) is 3.06. The molecule has 4 heteroatoms. The highest BCUT2D eigenvalue weighted by atomic mass is 16.2. The average molecular weight is 267 g/mol. The summed E-state index contributed by atoms with van der Waals surface area (Å²) in [4.78, 5) is 17.1. The first-order valence-electron chi connectivity index (χ1n) is 6.94. The Labute approximate surface area is 117 Å². The number of carbonyl (C=O) groups excluding carboxylic acids is 1. The normalized spacial score (nSPS) is 37.0. The van der Waals surface area contributed by atoms with Gasteiger partial charge in [-0.1, -0.05) is 19.1 Å². The molecule has 1 spiro atoms. The molecule has 102 valence electrons. The number of fused-ring (bicyclic) bond motifs is 3. The van der Waals surface area contributed by atoms with Crippen molar-refractivity contribution in [2.24, 2.45) is 15.8 Å². The van der Waals surface area contributed by atoms with Crippen LogP contribution in [0.1, 0.15) is 18.1 Å². The summed E-state index contributed by atoms with van der Waals surface area (Å²) >= 11 is 0. The van der Waals surface area contributed by atoms with Crippen LogP contribution in [0.5, 0.6) is 0 Å². The number of carbonyl (C=O) groups is 1. The number of nitrogen functional groups attached to an aromatic ring is 1. The molecule has 4 nitrogen and oxygen atoms in total. The fourth-order valence-electron chi connectivity index (χ4n) is 3.98. The molecule has 1 amide bonds. The molecule has 1 aromatic carbocycles. The van der Waals surface area contributed by atoms with Gasteiger partial charge >= 0.3 is 0 Å². The lowest BCUT2D eigenvalue weighted by Gasteiger charge is -2.38. The summed E-state index contributed by atoms with van der Waals surface area (Å²) < 4.78 is 0. The number of dihydropyridines is 1. The van der Waals surface area contributed by atoms with Crippen LogP contribution < -0.4 is 11.1 Å². The van der Waals surface area contributed by atoms with Gasteiger partial charge in [-0.05, 0) is 42.2 Å². The van der Waals surface area contributed by atoms with E-state index < -0.39 is 5.41 Å². The minimum absolute atomic E-state index is 0.114. The first kappa shape index (κ1) is 11.7. The lowest BCUT2D eigenvalue weighted by atomic mass is 9.62. The second-order valence-electron chi connectivity index (χ2n) is 6.28. The monoisotopic (exact) mass is 267 g/mol. The van der Waals surface area contributed by atoms with Gasteiger partial charge in [0.15, 0.2) is 0 Å². The smallest absolute Gasteiger partial charge is 0.229 e. The number of anilines is 1. The van der Waals surface area contributed by atoms with Crippen LogP contribution in [0, 0.1) is 10.8 Å². The van der Waals surface area contributed by atoms with Crippen LogP contribution in [0.25, 0.3) is 0 Å². The number of allylic oxidation sites excluding steroid dienone is 1. The molecule has 4 rings (SSSR count). The van der Waals surface area contributed by atoms with Gasteiger partial charge < -0.3 is 11.1 Å². The maximum atomic E-state index is 12.7. The Morgan fingerprint density at radius 1 is 1.35 bits per heavy atom. The number of hydrogen-bond donors (Lipinski definition) is 2. The van der Waals surface area contributed by atoms with Gasteiger partial charge in [0, 0.05) is 17.3 Å². The summed E-state index contributed by atoms with van der Waals surface area (Å²) in [6.45, 7) is 2.14. The Balaban J connectivity index is 1.85. The van der Waals surface area contributed by atoms with E-state index in [4.69, 9.17) is 5.73 Å². The average Bonchev–Trinajstić information content (AvgIpc) is 2.89. The maximum absolute atomic E-state index is 12.7. The Morgan fingerprint density at radius 3 is 3.00 bits per heavy atom. The number of rotatable bonds is 0. The number of hydrogen-bond acceptors (Lipinski definition) is 3. The highest BCUT2D eigenvalue weighted by Crippen LogP contribution is 2.56. The van der Waals surface area contributed by atoms with Crippen LogP contribution in [-0.2, 0) is 17.6 Å². The topological polar surface area (TPSA) is 67.5 Å². The lowest BCUT2D eigenvalue weighted by Crippen LogP contribution is -2.44. The van der Waals surface area contributed by atoms with Gasteiger partial charge in [0.1, 0.15) is 6.17 Å². The highest BCUT2D eigenvalue weighted by molar-refractivity contribution is 5.90. The van der Waals surface area contributed by atoms with Crippen molar-refractivity contribution < 1.29 is 4.79 Å². The Kier molecular flexibility index (Phi) is 2.05. The van der Waals surface area contributed by atoms with E-state index in [9.17, 15) is 4.79 Å². The molecule has 20 heavy (non-hydrogen) atoms. The number of aliphatic imine (C=N–C) groups is 1. The minimum atomic E-state index is -0.429. The molecule has 3 N–H and O–H groups in total. The molecule has 0 aromatic heterocycles. The molecule has 1 aromatic rings. The van der Waals surface area contributed by atoms with E-state index in [0.717, 1.165) is 18.5 Å². The molecular formula is C16H17N3O. The SMILES string of the molecule is CC12C=CC=NC1NC(=O)[C@]21Cc2ccc(N)cc2C1. The molecule has 1 fully saturated rings. The van der Waals surface area contributed by atoms with Crippen molar-refractivity contribution in [3.8, 4) is 0 Å². The Hall–Kier alpha value is -2.10. The third kappa shape index (κ3) is 1.22. The van der Waals surface area contributed by atoms with E-state index in [2.05, 4.69) is 29.4 Å². The van der Waals surface area contributed by atoms with E-state index in [1.54, 1.807) is 6.21 Å². The predicted molar refractivity (Wildman–Crippen MR) is 78.4 cm³/mol. The Bertz CT molecular complexity index is 678. The summed E-state index contributed by atoms with van der Waals surface area (Å²) in [6, 6.07) is 5.97. The quantitative estimate of drug-likeness (QED) is 0.699. The summed E-state index contributed by atoms with van der Waals surface area (Å²) in [5.41, 5.74) is 8.38. The molecule has 0 radical (unpaired) electrons. The Morgan fingerprint density at radius 2 is 2.15 bits per heavy atom. The van der Waals surface area contributed by atoms with Crippen molar-refractivity contribution in [1.29, 1.82) is 0 Å². The first-order chi connectivity index (χ1) is 9.55. The molecule has 1 saturated heterocycles. The van der Waals surface area contributed by atoms with Crippen LogP contribution >= 0.6 is 0 Å². The lowest BCUT2D eigenvalue weighted by molar-refractivity contribution is -0.129. The number of nitrogens with two attached hydrogens (primary N) is 1. The number of benzene rings is 1. The van der Waals surface area contributed by atoms with Gasteiger partial charge in [-0.3, -0.25) is 9.79 Å². The van der Waals surface area contributed by atoms with Crippen LogP contribution in [0.3, 0.4) is 0 Å². The van der Waals surface area contributed by atoms with Crippen molar-refractivity contribution in [2.75, 3.05) is 5.73 Å². The fourth-order valence-corrected chi connectivity index (χ4v) is 3.98. The van der Waals surface area contributed by atoms with Gasteiger partial charge in [-0.25, -0.2) is 0 Å². The second kappa shape index (κ2) is 3.51. The van der Waals surface area contributed by atoms with E-state index in [1.807, 2.05) is 18.2 Å². The second-order valence-corrected chi connectivity index (χ2v) is 6.28. The zero-order valence-corrected chi connectivity index (χ0v) is 11.4. The molecule has 1 aliphatic carbocycles. The minimum Gasteiger partial charge on any atom is -0.399 e. The summed E-state index contributed by atoms with van der Waals surface area (Å²) in [5.74, 6) is 0.114. The largest absolute Gasteiger partial charge is 0.399 e. The van der Waals surface area contributed by atoms with E-state index in [-0.39, 0.29) is 17.5 Å². The summed E-state index contributed by atoms with van der Waals surface area (Å²) in [6.07, 6.45) is 7.22. The van der Waals surface area contributed by atoms with E-state index in [0.29, 0.717) is 0 Å². The standard InChI is InChI=1S/C16H17N3O/c1-15-5-2-6-18-13(15)19-14(20)16(15)8-10-3-4-12(17)7-11(10)9-16/h2-7,13H,8-9,17H2,1H3,(H,19,20)/t13?,15?,16-/m1/s1. The van der Waals surface area contributed by atoms with Gasteiger partial charge in [0.05, 0.1) is 5.41 Å². The maximum Gasteiger partial charge on any atom is 0.229 e. The molecular weight excluding hydrogens is 250 g/mol. The molecule has 2 unspecified atom stereocenters. The van der Waals surface area contributed by atoms with Crippen LogP contribution in [0.4, 0.5) is 5.69 Å². The van der Waals surface area contributed by atoms with Gasteiger partial charge in [-0.15, -0.1) is 0 Å². The van der Waals surface area contributed by atoms with Gasteiger partial charge in [0.25, 0.3) is 0 Å². The first-order valence-corrected chi connectivity index (χ1v) is 6.94. The number of nitrogens with zero attached hydrogens (tertiary/aromatic N) is 1. The van der Waals surface area contributed by atoms with Crippen molar-refractivity contribution >= 4 is 17.8 Å². The molecule has 2 aliphatic heterocycles. The van der Waals surface area contributed by atoms with Gasteiger partial charge in [0.2, 0.25) is 5.91 Å². The molecule has 0 saturated carbocycles. The predicted octanol–water partition coefficient (Wildman–Crippen LogP) is 1.46. The van der Waals surface area contributed by atoms with Crippen molar-refractivity contribution in [3.63, 3.8) is 0 Å². The zero-order valence-electron chi connectivity index (χ0n) is 11.4. The fraction of sp³-hybridized carbons (Fsp3) is 0.375. The van der Waals surface area contributed by atoms with Crippen molar-refractivity contribution in [3.05, 3.63) is 41.5 Å². The van der Waals surface area contributed by atoms with Crippen LogP contribution in [0.2, 0.25) is 0 Å². The number of amides is 1. The molecule has 3 atom stereocenters. The highest BCUT2D eigenvalue weighted by Gasteiger charge is 2.64. The van der Waals surface area contributed by atoms with E-state index in [1.165, 1.54) is 11.1 Å². The van der Waals surface area contributed by atoms with Crippen molar-refractivity contribution in [1.82, 2.24) is 5.32 Å². The van der Waals surface area contributed by atoms with Crippen molar-refractivity contribution in [2.45, 2.75) is 25.9 Å². The van der Waals surface area contributed by atoms with Crippen LogP contribution in [0.15, 0.2) is 35.3 Å². The van der Waals surface area contributed by atoms with Crippen LogP contribution in [-0.4, -0.2) is 18.3 Å². The third-order valence-electron chi connectivity index (χ3n) is 5.28. The number of nitrogens with one attached hydrogen (secondary N) is 1.